The van der Waals surface area contributed by atoms with Gasteiger partial charge in [0.2, 0.25) is 5.91 Å². The molecule has 94 valence electrons. The van der Waals surface area contributed by atoms with E-state index in [4.69, 9.17) is 10.5 Å². The Kier molecular flexibility index (Phi) is 5.44. The SMILES string of the molecule is COc1ccc(NC(=O)C(C)CCN)cc1Br. The lowest BCUT2D eigenvalue weighted by Crippen LogP contribution is -2.22. The van der Waals surface area contributed by atoms with Gasteiger partial charge in [0, 0.05) is 11.6 Å². The Bertz CT molecular complexity index is 396. The molecule has 0 aliphatic heterocycles. The molecule has 4 nitrogen and oxygen atoms in total. The third-order valence-corrected chi connectivity index (χ3v) is 3.09. The van der Waals surface area contributed by atoms with Gasteiger partial charge in [0.05, 0.1) is 11.6 Å². The van der Waals surface area contributed by atoms with Crippen LogP contribution in [0.5, 0.6) is 5.75 Å². The zero-order valence-electron chi connectivity index (χ0n) is 10.00. The maximum absolute atomic E-state index is 11.8. The van der Waals surface area contributed by atoms with E-state index in [0.717, 1.165) is 15.9 Å². The molecule has 0 fully saturated rings. The maximum Gasteiger partial charge on any atom is 0.227 e. The number of carbonyl (C=O) groups is 1. The van der Waals surface area contributed by atoms with Gasteiger partial charge < -0.3 is 15.8 Å². The van der Waals surface area contributed by atoms with Crippen molar-refractivity contribution in [2.75, 3.05) is 19.0 Å². The van der Waals surface area contributed by atoms with Gasteiger partial charge in [0.15, 0.2) is 0 Å². The molecule has 0 heterocycles. The molecule has 0 bridgehead atoms. The minimum absolute atomic E-state index is 0.0208. The Morgan fingerprint density at radius 1 is 1.59 bits per heavy atom. The summed E-state index contributed by atoms with van der Waals surface area (Å²) in [5, 5.41) is 2.84. The van der Waals surface area contributed by atoms with Crippen LogP contribution in [0.3, 0.4) is 0 Å². The lowest BCUT2D eigenvalue weighted by atomic mass is 10.1. The number of nitrogens with one attached hydrogen (secondary N) is 1. The standard InChI is InChI=1S/C12H17BrN2O2/c1-8(5-6-14)12(16)15-9-3-4-11(17-2)10(13)7-9/h3-4,7-8H,5-6,14H2,1-2H3,(H,15,16). The van der Waals surface area contributed by atoms with Crippen LogP contribution in [0.4, 0.5) is 5.69 Å². The van der Waals surface area contributed by atoms with Crippen molar-refractivity contribution >= 4 is 27.5 Å². The molecule has 3 N–H and O–H groups in total. The molecule has 0 saturated heterocycles. The summed E-state index contributed by atoms with van der Waals surface area (Å²) >= 11 is 3.37. The number of nitrogens with two attached hydrogens (primary N) is 1. The summed E-state index contributed by atoms with van der Waals surface area (Å²) < 4.78 is 5.92. The van der Waals surface area contributed by atoms with Gasteiger partial charge in [-0.15, -0.1) is 0 Å². The fraction of sp³-hybridized carbons (Fsp3) is 0.417. The summed E-state index contributed by atoms with van der Waals surface area (Å²) in [7, 11) is 1.60. The van der Waals surface area contributed by atoms with Gasteiger partial charge in [-0.2, -0.15) is 0 Å². The van der Waals surface area contributed by atoms with Gasteiger partial charge >= 0.3 is 0 Å². The highest BCUT2D eigenvalue weighted by Crippen LogP contribution is 2.27. The van der Waals surface area contributed by atoms with Crippen molar-refractivity contribution in [3.05, 3.63) is 22.7 Å². The number of methoxy groups -OCH3 is 1. The van der Waals surface area contributed by atoms with Crippen molar-refractivity contribution in [2.45, 2.75) is 13.3 Å². The fourth-order valence-corrected chi connectivity index (χ4v) is 1.93. The highest BCUT2D eigenvalue weighted by atomic mass is 79.9. The molecule has 0 saturated carbocycles. The van der Waals surface area contributed by atoms with Crippen LogP contribution in [-0.2, 0) is 4.79 Å². The lowest BCUT2D eigenvalue weighted by Gasteiger charge is -2.12. The molecule has 1 rings (SSSR count). The Hall–Kier alpha value is -1.07. The number of ether oxygens (including phenoxy) is 1. The number of rotatable bonds is 5. The predicted octanol–water partition coefficient (Wildman–Crippen LogP) is 2.38. The molecule has 0 aromatic heterocycles. The number of anilines is 1. The second-order valence-electron chi connectivity index (χ2n) is 3.82. The van der Waals surface area contributed by atoms with E-state index in [-0.39, 0.29) is 11.8 Å². The molecule has 17 heavy (non-hydrogen) atoms. The summed E-state index contributed by atoms with van der Waals surface area (Å²) in [6.07, 6.45) is 0.684. The van der Waals surface area contributed by atoms with E-state index in [1.165, 1.54) is 0 Å². The highest BCUT2D eigenvalue weighted by molar-refractivity contribution is 9.10. The highest BCUT2D eigenvalue weighted by Gasteiger charge is 2.12. The van der Waals surface area contributed by atoms with Gasteiger partial charge in [0.1, 0.15) is 5.75 Å². The Balaban J connectivity index is 2.69. The summed E-state index contributed by atoms with van der Waals surface area (Å²) in [5.41, 5.74) is 6.16. The van der Waals surface area contributed by atoms with Gasteiger partial charge in [-0.3, -0.25) is 4.79 Å². The van der Waals surface area contributed by atoms with E-state index in [2.05, 4.69) is 21.2 Å². The number of hydrogen-bond acceptors (Lipinski definition) is 3. The molecule has 5 heteroatoms. The lowest BCUT2D eigenvalue weighted by molar-refractivity contribution is -0.119. The molecule has 0 spiro atoms. The van der Waals surface area contributed by atoms with Gasteiger partial charge in [-0.25, -0.2) is 0 Å². The van der Waals surface area contributed by atoms with E-state index in [1.807, 2.05) is 13.0 Å². The molecule has 1 aromatic carbocycles. The second-order valence-corrected chi connectivity index (χ2v) is 4.67. The minimum Gasteiger partial charge on any atom is -0.496 e. The van der Waals surface area contributed by atoms with Crippen molar-refractivity contribution in [3.8, 4) is 5.75 Å². The van der Waals surface area contributed by atoms with Gasteiger partial charge in [0.25, 0.3) is 0 Å². The third kappa shape index (κ3) is 4.02. The van der Waals surface area contributed by atoms with Crippen molar-refractivity contribution in [2.24, 2.45) is 11.7 Å². The van der Waals surface area contributed by atoms with Crippen LogP contribution in [0.1, 0.15) is 13.3 Å². The topological polar surface area (TPSA) is 64.3 Å². The monoisotopic (exact) mass is 300 g/mol. The first-order valence-electron chi connectivity index (χ1n) is 5.43. The molecule has 1 atom stereocenters. The second kappa shape index (κ2) is 6.61. The fourth-order valence-electron chi connectivity index (χ4n) is 1.39. The minimum atomic E-state index is -0.0825. The number of hydrogen-bond donors (Lipinski definition) is 2. The molecular formula is C12H17BrN2O2. The zero-order valence-corrected chi connectivity index (χ0v) is 11.6. The van der Waals surface area contributed by atoms with E-state index in [9.17, 15) is 4.79 Å². The van der Waals surface area contributed by atoms with Crippen LogP contribution in [0.2, 0.25) is 0 Å². The normalized spacial score (nSPS) is 12.0. The molecule has 1 aromatic rings. The van der Waals surface area contributed by atoms with Gasteiger partial charge in [-0.05, 0) is 47.1 Å². The summed E-state index contributed by atoms with van der Waals surface area (Å²) in [5.74, 6) is 0.631. The Morgan fingerprint density at radius 2 is 2.29 bits per heavy atom. The zero-order chi connectivity index (χ0) is 12.8. The average molecular weight is 301 g/mol. The van der Waals surface area contributed by atoms with Crippen LogP contribution >= 0.6 is 15.9 Å². The first-order valence-corrected chi connectivity index (χ1v) is 6.22. The molecule has 0 radical (unpaired) electrons. The first kappa shape index (κ1) is 14.0. The van der Waals surface area contributed by atoms with Crippen molar-refractivity contribution in [1.82, 2.24) is 0 Å². The van der Waals surface area contributed by atoms with Crippen LogP contribution in [0.15, 0.2) is 22.7 Å². The van der Waals surface area contributed by atoms with E-state index in [1.54, 1.807) is 19.2 Å². The molecule has 0 aliphatic carbocycles. The van der Waals surface area contributed by atoms with Crippen molar-refractivity contribution in [3.63, 3.8) is 0 Å². The molecule has 0 aliphatic rings. The largest absolute Gasteiger partial charge is 0.496 e. The Labute approximate surface area is 110 Å². The Morgan fingerprint density at radius 3 is 2.82 bits per heavy atom. The van der Waals surface area contributed by atoms with Crippen LogP contribution in [0.25, 0.3) is 0 Å². The van der Waals surface area contributed by atoms with E-state index in [0.29, 0.717) is 13.0 Å². The molecular weight excluding hydrogens is 284 g/mol. The van der Waals surface area contributed by atoms with Crippen LogP contribution in [0, 0.1) is 5.92 Å². The number of halogens is 1. The van der Waals surface area contributed by atoms with Crippen LogP contribution in [-0.4, -0.2) is 19.6 Å². The molecule has 1 unspecified atom stereocenters. The first-order chi connectivity index (χ1) is 8.08. The van der Waals surface area contributed by atoms with Crippen molar-refractivity contribution < 1.29 is 9.53 Å². The number of carbonyl (C=O) groups excluding carboxylic acids is 1. The third-order valence-electron chi connectivity index (χ3n) is 2.47. The average Bonchev–Trinajstić information content (AvgIpc) is 2.29. The number of amides is 1. The maximum atomic E-state index is 11.8. The van der Waals surface area contributed by atoms with E-state index >= 15 is 0 Å². The quantitative estimate of drug-likeness (QED) is 0.877. The molecule has 1 amide bonds. The summed E-state index contributed by atoms with van der Waals surface area (Å²) in [4.78, 5) is 11.8. The summed E-state index contributed by atoms with van der Waals surface area (Å²) in [6.45, 7) is 2.38. The smallest absolute Gasteiger partial charge is 0.227 e. The van der Waals surface area contributed by atoms with Gasteiger partial charge in [-0.1, -0.05) is 6.92 Å². The van der Waals surface area contributed by atoms with Crippen molar-refractivity contribution in [1.29, 1.82) is 0 Å². The predicted molar refractivity (Wildman–Crippen MR) is 72.2 cm³/mol. The van der Waals surface area contributed by atoms with Crippen LogP contribution < -0.4 is 15.8 Å². The summed E-state index contributed by atoms with van der Waals surface area (Å²) in [6, 6.07) is 5.41. The van der Waals surface area contributed by atoms with E-state index < -0.39 is 0 Å². The number of benzene rings is 1.